The summed E-state index contributed by atoms with van der Waals surface area (Å²) >= 11 is 0. The molecular weight excluding hydrogens is 267 g/mol. The maximum absolute atomic E-state index is 9.38. The average molecular weight is 292 g/mol. The van der Waals surface area contributed by atoms with Gasteiger partial charge in [-0.1, -0.05) is 26.0 Å². The fourth-order valence-corrected chi connectivity index (χ4v) is 3.30. The van der Waals surface area contributed by atoms with Crippen molar-refractivity contribution in [2.45, 2.75) is 45.8 Å². The summed E-state index contributed by atoms with van der Waals surface area (Å²) in [5.41, 5.74) is 1.31. The van der Waals surface area contributed by atoms with Gasteiger partial charge in [-0.3, -0.25) is 0 Å². The molecule has 2 unspecified atom stereocenters. The molecule has 4 nitrogen and oxygen atoms in total. The first kappa shape index (κ1) is 16.3. The van der Waals surface area contributed by atoms with E-state index in [1.165, 1.54) is 13.5 Å². The van der Waals surface area contributed by atoms with Gasteiger partial charge in [0.2, 0.25) is 0 Å². The van der Waals surface area contributed by atoms with Gasteiger partial charge in [0.1, 0.15) is 5.75 Å². The van der Waals surface area contributed by atoms with Crippen molar-refractivity contribution in [3.63, 3.8) is 0 Å². The molecule has 1 aliphatic rings. The third-order valence-electron chi connectivity index (χ3n) is 4.19. The Morgan fingerprint density at radius 1 is 1.14 bits per heavy atom. The minimum Gasteiger partial charge on any atom is -0.497 e. The standard InChI is InChI=1S/C16H25BO4/c1-11-6-12(2)8-14(7-11)21-10-13-4-5-16(20-3)15(9-13)17(18)19/h4-5,9,11-12,14,18-19H,6-8,10H2,1-3H3. The second-order valence-corrected chi connectivity index (χ2v) is 6.30. The van der Waals surface area contributed by atoms with E-state index in [-0.39, 0.29) is 0 Å². The summed E-state index contributed by atoms with van der Waals surface area (Å²) in [6, 6.07) is 5.39. The molecule has 0 aliphatic heterocycles. The zero-order valence-electron chi connectivity index (χ0n) is 13.1. The van der Waals surface area contributed by atoms with Crippen LogP contribution in [0, 0.1) is 11.8 Å². The molecule has 2 atom stereocenters. The lowest BCUT2D eigenvalue weighted by Gasteiger charge is -2.31. The van der Waals surface area contributed by atoms with Gasteiger partial charge < -0.3 is 19.5 Å². The number of rotatable bonds is 5. The maximum atomic E-state index is 9.38. The van der Waals surface area contributed by atoms with Gasteiger partial charge in [0.25, 0.3) is 0 Å². The van der Waals surface area contributed by atoms with E-state index in [9.17, 15) is 10.0 Å². The normalized spacial score (nSPS) is 25.7. The van der Waals surface area contributed by atoms with Crippen LogP contribution >= 0.6 is 0 Å². The van der Waals surface area contributed by atoms with Crippen molar-refractivity contribution >= 4 is 12.6 Å². The molecule has 0 spiro atoms. The van der Waals surface area contributed by atoms with Crippen molar-refractivity contribution in [1.82, 2.24) is 0 Å². The van der Waals surface area contributed by atoms with Crippen LogP contribution in [0.1, 0.15) is 38.7 Å². The van der Waals surface area contributed by atoms with E-state index in [1.54, 1.807) is 12.1 Å². The lowest BCUT2D eigenvalue weighted by molar-refractivity contribution is -0.00914. The molecule has 0 aromatic heterocycles. The molecule has 21 heavy (non-hydrogen) atoms. The summed E-state index contributed by atoms with van der Waals surface area (Å²) in [5, 5.41) is 18.8. The fraction of sp³-hybridized carbons (Fsp3) is 0.625. The molecule has 0 heterocycles. The van der Waals surface area contributed by atoms with Crippen molar-refractivity contribution in [3.8, 4) is 5.75 Å². The molecular formula is C16H25BO4. The monoisotopic (exact) mass is 292 g/mol. The Morgan fingerprint density at radius 3 is 2.38 bits per heavy atom. The van der Waals surface area contributed by atoms with E-state index in [1.807, 2.05) is 6.07 Å². The van der Waals surface area contributed by atoms with Crippen molar-refractivity contribution in [3.05, 3.63) is 23.8 Å². The van der Waals surface area contributed by atoms with E-state index in [0.29, 0.717) is 35.8 Å². The van der Waals surface area contributed by atoms with Crippen LogP contribution in [-0.2, 0) is 11.3 Å². The molecule has 2 rings (SSSR count). The first-order valence-corrected chi connectivity index (χ1v) is 7.64. The van der Waals surface area contributed by atoms with Crippen LogP contribution in [0.2, 0.25) is 0 Å². The Morgan fingerprint density at radius 2 is 1.81 bits per heavy atom. The predicted molar refractivity (Wildman–Crippen MR) is 83.6 cm³/mol. The largest absolute Gasteiger partial charge is 0.497 e. The minimum absolute atomic E-state index is 0.299. The third kappa shape index (κ3) is 4.46. The SMILES string of the molecule is COc1ccc(COC2CC(C)CC(C)C2)cc1B(O)O. The smallest absolute Gasteiger partial charge is 0.492 e. The molecule has 0 saturated heterocycles. The Hall–Kier alpha value is -1.04. The summed E-state index contributed by atoms with van der Waals surface area (Å²) < 4.78 is 11.1. The first-order valence-electron chi connectivity index (χ1n) is 7.64. The Bertz CT molecular complexity index is 454. The quantitative estimate of drug-likeness (QED) is 0.811. The van der Waals surface area contributed by atoms with Gasteiger partial charge in [0.15, 0.2) is 0 Å². The second kappa shape index (κ2) is 7.30. The Kier molecular flexibility index (Phi) is 5.68. The van der Waals surface area contributed by atoms with Gasteiger partial charge in [-0.15, -0.1) is 0 Å². The van der Waals surface area contributed by atoms with E-state index in [0.717, 1.165) is 18.4 Å². The van der Waals surface area contributed by atoms with Gasteiger partial charge in [-0.2, -0.15) is 0 Å². The summed E-state index contributed by atoms with van der Waals surface area (Å²) in [5.74, 6) is 1.91. The summed E-state index contributed by atoms with van der Waals surface area (Å²) in [6.07, 6.45) is 3.79. The number of hydrogen-bond acceptors (Lipinski definition) is 4. The van der Waals surface area contributed by atoms with Crippen LogP contribution in [0.5, 0.6) is 5.75 Å². The van der Waals surface area contributed by atoms with Crippen molar-refractivity contribution in [1.29, 1.82) is 0 Å². The van der Waals surface area contributed by atoms with Crippen molar-refractivity contribution in [2.24, 2.45) is 11.8 Å². The van der Waals surface area contributed by atoms with E-state index in [2.05, 4.69) is 13.8 Å². The number of hydrogen-bond donors (Lipinski definition) is 2. The van der Waals surface area contributed by atoms with E-state index in [4.69, 9.17) is 9.47 Å². The van der Waals surface area contributed by atoms with Gasteiger partial charge in [-0.05, 0) is 42.7 Å². The summed E-state index contributed by atoms with van der Waals surface area (Å²) in [7, 11) is -0.0167. The van der Waals surface area contributed by atoms with Crippen LogP contribution in [0.3, 0.4) is 0 Å². The average Bonchev–Trinajstić information content (AvgIpc) is 2.43. The fourth-order valence-electron chi connectivity index (χ4n) is 3.30. The minimum atomic E-state index is -1.53. The molecule has 0 amide bonds. The lowest BCUT2D eigenvalue weighted by Crippen LogP contribution is -2.32. The maximum Gasteiger partial charge on any atom is 0.492 e. The summed E-state index contributed by atoms with van der Waals surface area (Å²) in [6.45, 7) is 5.05. The van der Waals surface area contributed by atoms with Crippen molar-refractivity contribution in [2.75, 3.05) is 7.11 Å². The molecule has 0 radical (unpaired) electrons. The number of ether oxygens (including phenoxy) is 2. The van der Waals surface area contributed by atoms with Gasteiger partial charge >= 0.3 is 7.12 Å². The molecule has 2 N–H and O–H groups in total. The van der Waals surface area contributed by atoms with Crippen LogP contribution in [0.15, 0.2) is 18.2 Å². The zero-order valence-corrected chi connectivity index (χ0v) is 13.1. The highest BCUT2D eigenvalue weighted by atomic mass is 16.5. The molecule has 5 heteroatoms. The van der Waals surface area contributed by atoms with Crippen LogP contribution < -0.4 is 10.2 Å². The highest BCUT2D eigenvalue weighted by Gasteiger charge is 2.24. The molecule has 1 aliphatic carbocycles. The van der Waals surface area contributed by atoms with E-state index < -0.39 is 7.12 Å². The van der Waals surface area contributed by atoms with Crippen LogP contribution in [0.4, 0.5) is 0 Å². The van der Waals surface area contributed by atoms with Crippen LogP contribution in [0.25, 0.3) is 0 Å². The van der Waals surface area contributed by atoms with Gasteiger partial charge in [0, 0.05) is 5.46 Å². The number of benzene rings is 1. The topological polar surface area (TPSA) is 58.9 Å². The van der Waals surface area contributed by atoms with Gasteiger partial charge in [0.05, 0.1) is 19.8 Å². The predicted octanol–water partition coefficient (Wildman–Crippen LogP) is 1.72. The van der Waals surface area contributed by atoms with Gasteiger partial charge in [-0.25, -0.2) is 0 Å². The first-order chi connectivity index (χ1) is 9.99. The zero-order chi connectivity index (χ0) is 15.4. The molecule has 1 aromatic carbocycles. The number of methoxy groups -OCH3 is 1. The molecule has 0 bridgehead atoms. The van der Waals surface area contributed by atoms with Crippen LogP contribution in [-0.4, -0.2) is 30.4 Å². The second-order valence-electron chi connectivity index (χ2n) is 6.30. The Labute approximate surface area is 127 Å². The highest BCUT2D eigenvalue weighted by molar-refractivity contribution is 6.59. The lowest BCUT2D eigenvalue weighted by atomic mass is 9.78. The molecule has 1 aromatic rings. The third-order valence-corrected chi connectivity index (χ3v) is 4.19. The highest BCUT2D eigenvalue weighted by Crippen LogP contribution is 2.30. The summed E-state index contributed by atoms with van der Waals surface area (Å²) in [4.78, 5) is 0. The molecule has 1 saturated carbocycles. The Balaban J connectivity index is 1.98. The van der Waals surface area contributed by atoms with E-state index >= 15 is 0 Å². The molecule has 1 fully saturated rings. The van der Waals surface area contributed by atoms with Crippen molar-refractivity contribution < 1.29 is 19.5 Å². The molecule has 116 valence electrons.